The van der Waals surface area contributed by atoms with Crippen molar-refractivity contribution in [1.29, 1.82) is 0 Å². The van der Waals surface area contributed by atoms with Crippen molar-refractivity contribution >= 4 is 29.3 Å². The van der Waals surface area contributed by atoms with Crippen LogP contribution in [0.25, 0.3) is 6.08 Å². The number of aliphatic carboxylic acids is 1. The summed E-state index contributed by atoms with van der Waals surface area (Å²) >= 11 is 1.36. The maximum Gasteiger partial charge on any atom is 0.328 e. The van der Waals surface area contributed by atoms with Crippen molar-refractivity contribution in [2.45, 2.75) is 33.6 Å². The summed E-state index contributed by atoms with van der Waals surface area (Å²) in [6.45, 7) is 7.66. The molecule has 0 aliphatic carbocycles. The number of nitrogens with zero attached hydrogens (tertiary/aromatic N) is 1. The summed E-state index contributed by atoms with van der Waals surface area (Å²) in [5, 5.41) is 10.5. The largest absolute Gasteiger partial charge is 0.478 e. The van der Waals surface area contributed by atoms with Crippen LogP contribution in [0.3, 0.4) is 0 Å². The van der Waals surface area contributed by atoms with Gasteiger partial charge in [0.1, 0.15) is 0 Å². The van der Waals surface area contributed by atoms with E-state index in [1.54, 1.807) is 6.07 Å². The fraction of sp³-hybridized carbons (Fsp3) is 0.500. The number of amides is 1. The molecule has 5 heteroatoms. The summed E-state index contributed by atoms with van der Waals surface area (Å²) in [7, 11) is 0. The standard InChI is InChI=1S/C16H23NO3S/c1-4-12(5-2)11-17(6-3)16(20)15-13(9-10-21-15)7-8-14(18)19/h7-10,12H,4-6,11H2,1-3H3,(H,18,19). The lowest BCUT2D eigenvalue weighted by Crippen LogP contribution is -2.35. The number of hydrogen-bond donors (Lipinski definition) is 1. The molecule has 1 heterocycles. The van der Waals surface area contributed by atoms with E-state index in [2.05, 4.69) is 13.8 Å². The molecule has 0 saturated heterocycles. The van der Waals surface area contributed by atoms with Crippen molar-refractivity contribution < 1.29 is 14.7 Å². The molecule has 0 spiro atoms. The predicted molar refractivity (Wildman–Crippen MR) is 86.6 cm³/mol. The molecule has 116 valence electrons. The second kappa shape index (κ2) is 8.62. The molecule has 0 radical (unpaired) electrons. The van der Waals surface area contributed by atoms with E-state index in [1.807, 2.05) is 17.2 Å². The molecular formula is C16H23NO3S. The molecule has 0 aliphatic heterocycles. The minimum absolute atomic E-state index is 0.00978. The number of hydrogen-bond acceptors (Lipinski definition) is 3. The van der Waals surface area contributed by atoms with Crippen molar-refractivity contribution in [2.24, 2.45) is 5.92 Å². The SMILES string of the molecule is CCC(CC)CN(CC)C(=O)c1sccc1C=CC(=O)O. The van der Waals surface area contributed by atoms with E-state index in [0.29, 0.717) is 22.9 Å². The van der Waals surface area contributed by atoms with Crippen molar-refractivity contribution in [3.05, 3.63) is 28.0 Å². The lowest BCUT2D eigenvalue weighted by molar-refractivity contribution is -0.131. The zero-order chi connectivity index (χ0) is 15.8. The smallest absolute Gasteiger partial charge is 0.328 e. The van der Waals surface area contributed by atoms with Gasteiger partial charge in [-0.25, -0.2) is 4.79 Å². The normalized spacial score (nSPS) is 11.2. The van der Waals surface area contributed by atoms with Gasteiger partial charge in [-0.05, 0) is 35.9 Å². The first kappa shape index (κ1) is 17.4. The molecule has 21 heavy (non-hydrogen) atoms. The first-order valence-electron chi connectivity index (χ1n) is 7.31. The van der Waals surface area contributed by atoms with E-state index < -0.39 is 5.97 Å². The van der Waals surface area contributed by atoms with Gasteiger partial charge in [0.2, 0.25) is 0 Å². The lowest BCUT2D eigenvalue weighted by Gasteiger charge is -2.25. The topological polar surface area (TPSA) is 57.6 Å². The average Bonchev–Trinajstić information content (AvgIpc) is 2.94. The molecule has 4 nitrogen and oxygen atoms in total. The van der Waals surface area contributed by atoms with Gasteiger partial charge in [0.25, 0.3) is 5.91 Å². The molecule has 0 bridgehead atoms. The summed E-state index contributed by atoms with van der Waals surface area (Å²) in [5.41, 5.74) is 0.676. The molecular weight excluding hydrogens is 286 g/mol. The van der Waals surface area contributed by atoms with Gasteiger partial charge in [0.15, 0.2) is 0 Å². The minimum Gasteiger partial charge on any atom is -0.478 e. The Kier molecular flexibility index (Phi) is 7.15. The Morgan fingerprint density at radius 2 is 2.00 bits per heavy atom. The van der Waals surface area contributed by atoms with E-state index in [1.165, 1.54) is 17.4 Å². The van der Waals surface area contributed by atoms with Gasteiger partial charge in [-0.1, -0.05) is 26.7 Å². The zero-order valence-electron chi connectivity index (χ0n) is 12.8. The molecule has 0 atom stereocenters. The van der Waals surface area contributed by atoms with Crippen LogP contribution in [0.2, 0.25) is 0 Å². The molecule has 1 aromatic rings. The summed E-state index contributed by atoms with van der Waals surface area (Å²) in [6.07, 6.45) is 4.65. The van der Waals surface area contributed by atoms with Crippen LogP contribution in [0.5, 0.6) is 0 Å². The van der Waals surface area contributed by atoms with Gasteiger partial charge < -0.3 is 10.0 Å². The van der Waals surface area contributed by atoms with Crippen molar-refractivity contribution in [1.82, 2.24) is 4.90 Å². The Bertz CT molecular complexity index is 503. The molecule has 0 aliphatic rings. The molecule has 0 aromatic carbocycles. The Morgan fingerprint density at radius 3 is 2.52 bits per heavy atom. The first-order chi connectivity index (χ1) is 10.0. The van der Waals surface area contributed by atoms with Crippen molar-refractivity contribution in [2.75, 3.05) is 13.1 Å². The monoisotopic (exact) mass is 309 g/mol. The van der Waals surface area contributed by atoms with Gasteiger partial charge >= 0.3 is 5.97 Å². The number of thiophene rings is 1. The second-order valence-electron chi connectivity index (χ2n) is 4.90. The van der Waals surface area contributed by atoms with Gasteiger partial charge in [0.05, 0.1) is 4.88 Å². The van der Waals surface area contributed by atoms with Gasteiger partial charge in [0, 0.05) is 19.2 Å². The van der Waals surface area contributed by atoms with Gasteiger partial charge in [-0.15, -0.1) is 11.3 Å². The third-order valence-corrected chi connectivity index (χ3v) is 4.52. The van der Waals surface area contributed by atoms with E-state index >= 15 is 0 Å². The Morgan fingerprint density at radius 1 is 1.33 bits per heavy atom. The van der Waals surface area contributed by atoms with Gasteiger partial charge in [-0.3, -0.25) is 4.79 Å². The highest BCUT2D eigenvalue weighted by Gasteiger charge is 2.20. The number of carbonyl (C=O) groups excluding carboxylic acids is 1. The molecule has 0 saturated carbocycles. The molecule has 1 amide bonds. The maximum absolute atomic E-state index is 12.6. The van der Waals surface area contributed by atoms with Crippen LogP contribution in [0, 0.1) is 5.92 Å². The summed E-state index contributed by atoms with van der Waals surface area (Å²) in [6, 6.07) is 1.78. The van der Waals surface area contributed by atoms with E-state index in [4.69, 9.17) is 5.11 Å². The van der Waals surface area contributed by atoms with E-state index in [-0.39, 0.29) is 5.91 Å². The Balaban J connectivity index is 2.90. The predicted octanol–water partition coefficient (Wildman–Crippen LogP) is 3.74. The summed E-state index contributed by atoms with van der Waals surface area (Å²) in [4.78, 5) is 25.7. The van der Waals surface area contributed by atoms with Crippen LogP contribution in [-0.2, 0) is 4.79 Å². The highest BCUT2D eigenvalue weighted by molar-refractivity contribution is 7.12. The number of carboxylic acids is 1. The minimum atomic E-state index is -1.01. The Labute approximate surface area is 130 Å². The molecule has 1 rings (SSSR count). The quantitative estimate of drug-likeness (QED) is 0.744. The fourth-order valence-electron chi connectivity index (χ4n) is 2.14. The zero-order valence-corrected chi connectivity index (χ0v) is 13.7. The van der Waals surface area contributed by atoms with Crippen LogP contribution < -0.4 is 0 Å². The maximum atomic E-state index is 12.6. The number of carboxylic acid groups (broad SMARTS) is 1. The van der Waals surface area contributed by atoms with Crippen molar-refractivity contribution in [3.8, 4) is 0 Å². The second-order valence-corrected chi connectivity index (χ2v) is 5.82. The van der Waals surface area contributed by atoms with Crippen molar-refractivity contribution in [3.63, 3.8) is 0 Å². The van der Waals surface area contributed by atoms with E-state index in [9.17, 15) is 9.59 Å². The summed E-state index contributed by atoms with van der Waals surface area (Å²) < 4.78 is 0. The molecule has 1 aromatic heterocycles. The first-order valence-corrected chi connectivity index (χ1v) is 8.19. The molecule has 1 N–H and O–H groups in total. The van der Waals surface area contributed by atoms with Crippen LogP contribution in [0.1, 0.15) is 48.8 Å². The molecule has 0 fully saturated rings. The van der Waals surface area contributed by atoms with Crippen LogP contribution in [0.4, 0.5) is 0 Å². The highest BCUT2D eigenvalue weighted by atomic mass is 32.1. The van der Waals surface area contributed by atoms with Crippen LogP contribution in [0.15, 0.2) is 17.5 Å². The average molecular weight is 309 g/mol. The highest BCUT2D eigenvalue weighted by Crippen LogP contribution is 2.22. The number of rotatable bonds is 8. The van der Waals surface area contributed by atoms with Gasteiger partial charge in [-0.2, -0.15) is 0 Å². The van der Waals surface area contributed by atoms with E-state index in [0.717, 1.165) is 25.5 Å². The summed E-state index contributed by atoms with van der Waals surface area (Å²) in [5.74, 6) is -0.514. The fourth-order valence-corrected chi connectivity index (χ4v) is 3.00. The Hall–Kier alpha value is -1.62. The molecule has 0 unspecified atom stereocenters. The third-order valence-electron chi connectivity index (χ3n) is 3.60. The number of carbonyl (C=O) groups is 2. The van der Waals surface area contributed by atoms with Crippen LogP contribution in [-0.4, -0.2) is 35.0 Å². The lowest BCUT2D eigenvalue weighted by atomic mass is 10.0. The third kappa shape index (κ3) is 5.01. The van der Waals surface area contributed by atoms with Crippen LogP contribution >= 0.6 is 11.3 Å².